The first kappa shape index (κ1) is 15.2. The second-order valence-corrected chi connectivity index (χ2v) is 6.48. The molecule has 0 unspecified atom stereocenters. The fourth-order valence-corrected chi connectivity index (χ4v) is 3.03. The van der Waals surface area contributed by atoms with Crippen LogP contribution in [0.25, 0.3) is 0 Å². The van der Waals surface area contributed by atoms with Crippen LogP contribution in [0.1, 0.15) is 0 Å². The van der Waals surface area contributed by atoms with Crippen molar-refractivity contribution >= 4 is 43.1 Å². The predicted molar refractivity (Wildman–Crippen MR) is 80.3 cm³/mol. The fourth-order valence-electron chi connectivity index (χ4n) is 1.58. The molecule has 1 heterocycles. The van der Waals surface area contributed by atoms with Gasteiger partial charge < -0.3 is 5.73 Å². The van der Waals surface area contributed by atoms with Gasteiger partial charge in [-0.15, -0.1) is 0 Å². The molecule has 1 aromatic carbocycles. The number of hydrogen-bond acceptors (Lipinski definition) is 6. The molecule has 0 saturated carbocycles. The minimum absolute atomic E-state index is 0.0370. The number of nitrogens with zero attached hydrogens (tertiary/aromatic N) is 2. The van der Waals surface area contributed by atoms with Crippen LogP contribution in [-0.2, 0) is 10.0 Å². The van der Waals surface area contributed by atoms with Gasteiger partial charge >= 0.3 is 5.69 Å². The number of nitro groups is 1. The van der Waals surface area contributed by atoms with E-state index in [1.165, 1.54) is 24.4 Å². The lowest BCUT2D eigenvalue weighted by Crippen LogP contribution is -2.16. The van der Waals surface area contributed by atoms with Gasteiger partial charge in [0.15, 0.2) is 4.90 Å². The minimum atomic E-state index is -4.17. The second-order valence-electron chi connectivity index (χ2n) is 3.92. The third-order valence-electron chi connectivity index (χ3n) is 2.47. The zero-order valence-corrected chi connectivity index (χ0v) is 12.8. The van der Waals surface area contributed by atoms with Crippen molar-refractivity contribution < 1.29 is 13.3 Å². The number of para-hydroxylation sites is 1. The zero-order chi connectivity index (χ0) is 15.6. The summed E-state index contributed by atoms with van der Waals surface area (Å²) in [7, 11) is -4.17. The van der Waals surface area contributed by atoms with Gasteiger partial charge in [0.05, 0.1) is 4.92 Å². The van der Waals surface area contributed by atoms with Crippen LogP contribution in [0, 0.1) is 10.1 Å². The molecule has 0 bridgehead atoms. The Kier molecular flexibility index (Phi) is 4.09. The van der Waals surface area contributed by atoms with E-state index in [0.717, 1.165) is 6.07 Å². The first-order valence-electron chi connectivity index (χ1n) is 5.48. The Morgan fingerprint density at radius 2 is 2.00 bits per heavy atom. The Labute approximate surface area is 128 Å². The molecule has 0 atom stereocenters. The summed E-state index contributed by atoms with van der Waals surface area (Å²) in [6.07, 6.45) is 1.39. The van der Waals surface area contributed by atoms with Crippen LogP contribution in [0.4, 0.5) is 17.2 Å². The number of benzene rings is 1. The lowest BCUT2D eigenvalue weighted by molar-refractivity contribution is -0.386. The van der Waals surface area contributed by atoms with Crippen molar-refractivity contribution in [3.63, 3.8) is 0 Å². The summed E-state index contributed by atoms with van der Waals surface area (Å²) < 4.78 is 27.3. The normalized spacial score (nSPS) is 11.1. The number of rotatable bonds is 4. The number of hydrogen-bond donors (Lipinski definition) is 2. The molecule has 0 spiro atoms. The fraction of sp³-hybridized carbons (Fsp3) is 0. The smallest absolute Gasteiger partial charge is 0.312 e. The molecule has 0 radical (unpaired) electrons. The van der Waals surface area contributed by atoms with Crippen LogP contribution in [-0.4, -0.2) is 18.3 Å². The summed E-state index contributed by atoms with van der Waals surface area (Å²) in [5.41, 5.74) is 4.58. The molecule has 2 aromatic rings. The molecule has 0 amide bonds. The van der Waals surface area contributed by atoms with Crippen molar-refractivity contribution in [3.8, 4) is 0 Å². The van der Waals surface area contributed by atoms with Gasteiger partial charge in [0.1, 0.15) is 11.5 Å². The molecule has 8 nitrogen and oxygen atoms in total. The summed E-state index contributed by atoms with van der Waals surface area (Å²) >= 11 is 3.16. The summed E-state index contributed by atoms with van der Waals surface area (Å²) in [5, 5.41) is 11.0. The zero-order valence-electron chi connectivity index (χ0n) is 10.4. The van der Waals surface area contributed by atoms with Crippen molar-refractivity contribution in [1.29, 1.82) is 0 Å². The molecular formula is C11H9BrN4O4S. The Balaban J connectivity index is 2.47. The number of sulfonamides is 1. The van der Waals surface area contributed by atoms with E-state index in [4.69, 9.17) is 5.73 Å². The van der Waals surface area contributed by atoms with Crippen LogP contribution < -0.4 is 10.5 Å². The molecule has 21 heavy (non-hydrogen) atoms. The average molecular weight is 373 g/mol. The molecule has 2 rings (SSSR count). The molecular weight excluding hydrogens is 364 g/mol. The van der Waals surface area contributed by atoms with E-state index in [9.17, 15) is 18.5 Å². The van der Waals surface area contributed by atoms with Gasteiger partial charge in [-0.05, 0) is 40.2 Å². The average Bonchev–Trinajstić information content (AvgIpc) is 2.40. The predicted octanol–water partition coefficient (Wildman–Crippen LogP) is 2.14. The standard InChI is InChI=1S/C11H9BrN4O4S/c12-7-4-5-10(14-6-7)15-21(19,20)9-3-1-2-8(13)11(9)16(17)18/h1-6H,13H2,(H,14,15). The number of aromatic nitrogens is 1. The molecule has 0 fully saturated rings. The quantitative estimate of drug-likeness (QED) is 0.480. The van der Waals surface area contributed by atoms with Gasteiger partial charge in [0.25, 0.3) is 10.0 Å². The summed E-state index contributed by atoms with van der Waals surface area (Å²) in [6, 6.07) is 6.69. The van der Waals surface area contributed by atoms with Crippen LogP contribution in [0.15, 0.2) is 45.9 Å². The Morgan fingerprint density at radius 1 is 1.29 bits per heavy atom. The van der Waals surface area contributed by atoms with Gasteiger partial charge in [0.2, 0.25) is 0 Å². The lowest BCUT2D eigenvalue weighted by atomic mass is 10.3. The van der Waals surface area contributed by atoms with Crippen molar-refractivity contribution in [1.82, 2.24) is 4.98 Å². The first-order chi connectivity index (χ1) is 9.81. The SMILES string of the molecule is Nc1cccc(S(=O)(=O)Nc2ccc(Br)cn2)c1[N+](=O)[O-]. The highest BCUT2D eigenvalue weighted by molar-refractivity contribution is 9.10. The van der Waals surface area contributed by atoms with E-state index in [1.54, 1.807) is 6.07 Å². The number of nitrogen functional groups attached to an aromatic ring is 1. The van der Waals surface area contributed by atoms with E-state index < -0.39 is 25.5 Å². The largest absolute Gasteiger partial charge is 0.393 e. The molecule has 0 aliphatic heterocycles. The van der Waals surface area contributed by atoms with Crippen molar-refractivity contribution in [3.05, 3.63) is 51.1 Å². The Bertz CT molecular complexity index is 792. The second kappa shape index (κ2) is 5.66. The topological polar surface area (TPSA) is 128 Å². The molecule has 10 heteroatoms. The van der Waals surface area contributed by atoms with E-state index in [0.29, 0.717) is 4.47 Å². The number of pyridine rings is 1. The molecule has 0 aliphatic rings. The summed E-state index contributed by atoms with van der Waals surface area (Å²) in [6.45, 7) is 0. The van der Waals surface area contributed by atoms with E-state index >= 15 is 0 Å². The maximum Gasteiger partial charge on any atom is 0.312 e. The number of nitrogens with one attached hydrogen (secondary N) is 1. The highest BCUT2D eigenvalue weighted by Crippen LogP contribution is 2.30. The monoisotopic (exact) mass is 372 g/mol. The summed E-state index contributed by atoms with van der Waals surface area (Å²) in [5.74, 6) is 0.0370. The van der Waals surface area contributed by atoms with Gasteiger partial charge in [-0.3, -0.25) is 14.8 Å². The highest BCUT2D eigenvalue weighted by Gasteiger charge is 2.28. The van der Waals surface area contributed by atoms with Gasteiger partial charge in [-0.25, -0.2) is 13.4 Å². The number of anilines is 2. The Morgan fingerprint density at radius 3 is 2.57 bits per heavy atom. The van der Waals surface area contributed by atoms with Crippen LogP contribution in [0.5, 0.6) is 0 Å². The van der Waals surface area contributed by atoms with Crippen LogP contribution in [0.3, 0.4) is 0 Å². The molecule has 0 aliphatic carbocycles. The third-order valence-corrected chi connectivity index (χ3v) is 4.32. The highest BCUT2D eigenvalue weighted by atomic mass is 79.9. The van der Waals surface area contributed by atoms with Crippen LogP contribution >= 0.6 is 15.9 Å². The van der Waals surface area contributed by atoms with Crippen molar-refractivity contribution in [2.75, 3.05) is 10.5 Å². The lowest BCUT2D eigenvalue weighted by Gasteiger charge is -2.08. The maximum atomic E-state index is 12.2. The number of nitro benzene ring substituents is 1. The molecule has 0 saturated heterocycles. The maximum absolute atomic E-state index is 12.2. The van der Waals surface area contributed by atoms with Crippen molar-refractivity contribution in [2.45, 2.75) is 4.90 Å². The molecule has 110 valence electrons. The van der Waals surface area contributed by atoms with E-state index in [2.05, 4.69) is 25.6 Å². The minimum Gasteiger partial charge on any atom is -0.393 e. The Hall–Kier alpha value is -2.20. The van der Waals surface area contributed by atoms with E-state index in [1.807, 2.05) is 0 Å². The molecule has 3 N–H and O–H groups in total. The number of nitrogens with two attached hydrogens (primary N) is 1. The van der Waals surface area contributed by atoms with Gasteiger partial charge in [0, 0.05) is 10.7 Å². The molecule has 1 aromatic heterocycles. The van der Waals surface area contributed by atoms with Crippen LogP contribution in [0.2, 0.25) is 0 Å². The first-order valence-corrected chi connectivity index (χ1v) is 7.76. The summed E-state index contributed by atoms with van der Waals surface area (Å²) in [4.78, 5) is 13.5. The number of halogens is 1. The van der Waals surface area contributed by atoms with E-state index in [-0.39, 0.29) is 11.5 Å². The van der Waals surface area contributed by atoms with Gasteiger partial charge in [-0.2, -0.15) is 0 Å². The van der Waals surface area contributed by atoms with Gasteiger partial charge in [-0.1, -0.05) is 6.07 Å². The third kappa shape index (κ3) is 3.28. The van der Waals surface area contributed by atoms with Crippen molar-refractivity contribution in [2.24, 2.45) is 0 Å².